The van der Waals surface area contributed by atoms with E-state index in [9.17, 15) is 4.79 Å². The van der Waals surface area contributed by atoms with Crippen LogP contribution in [0.1, 0.15) is 11.1 Å². The lowest BCUT2D eigenvalue weighted by Gasteiger charge is -2.05. The van der Waals surface area contributed by atoms with Crippen molar-refractivity contribution in [3.8, 4) is 0 Å². The molecule has 1 aromatic carbocycles. The third-order valence-electron chi connectivity index (χ3n) is 3.25. The van der Waals surface area contributed by atoms with E-state index < -0.39 is 0 Å². The molecule has 3 aromatic rings. The number of nitrogens with zero attached hydrogens (tertiary/aromatic N) is 3. The van der Waals surface area contributed by atoms with Crippen LogP contribution in [0.4, 0.5) is 10.8 Å². The second kappa shape index (κ2) is 4.72. The molecule has 0 unspecified atom stereocenters. The number of hydrogen-bond acceptors (Lipinski definition) is 5. The number of anilines is 2. The highest BCUT2D eigenvalue weighted by atomic mass is 32.1. The molecule has 102 valence electrons. The van der Waals surface area contributed by atoms with Gasteiger partial charge in [-0.3, -0.25) is 4.79 Å². The maximum atomic E-state index is 11.9. The molecule has 0 bridgehead atoms. The molecule has 0 aliphatic rings. The van der Waals surface area contributed by atoms with Crippen LogP contribution >= 0.6 is 11.3 Å². The van der Waals surface area contributed by atoms with Crippen LogP contribution < -0.4 is 10.9 Å². The summed E-state index contributed by atoms with van der Waals surface area (Å²) >= 11 is 1.35. The van der Waals surface area contributed by atoms with E-state index in [0.717, 1.165) is 5.69 Å². The van der Waals surface area contributed by atoms with Crippen molar-refractivity contribution >= 4 is 32.4 Å². The summed E-state index contributed by atoms with van der Waals surface area (Å²) in [4.78, 5) is 16.3. The van der Waals surface area contributed by atoms with E-state index in [1.807, 2.05) is 6.07 Å². The first-order chi connectivity index (χ1) is 9.54. The summed E-state index contributed by atoms with van der Waals surface area (Å²) in [5.41, 5.74) is 3.95. The molecule has 2 aromatic heterocycles. The van der Waals surface area contributed by atoms with E-state index in [1.165, 1.54) is 27.1 Å². The molecular weight excluding hydrogens is 272 g/mol. The Kier molecular flexibility index (Phi) is 3.02. The first-order valence-corrected chi connectivity index (χ1v) is 7.03. The van der Waals surface area contributed by atoms with Gasteiger partial charge in [0.15, 0.2) is 5.13 Å². The van der Waals surface area contributed by atoms with Gasteiger partial charge < -0.3 is 5.32 Å². The fourth-order valence-corrected chi connectivity index (χ4v) is 2.84. The molecule has 0 radical (unpaired) electrons. The Hall–Kier alpha value is -2.21. The summed E-state index contributed by atoms with van der Waals surface area (Å²) in [6, 6.07) is 6.13. The average molecular weight is 286 g/mol. The summed E-state index contributed by atoms with van der Waals surface area (Å²) in [6.45, 7) is 4.14. The van der Waals surface area contributed by atoms with Crippen LogP contribution in [0.2, 0.25) is 0 Å². The van der Waals surface area contributed by atoms with Crippen LogP contribution in [0.3, 0.4) is 0 Å². The molecule has 6 heteroatoms. The van der Waals surface area contributed by atoms with Crippen molar-refractivity contribution in [3.05, 3.63) is 45.9 Å². The van der Waals surface area contributed by atoms with Gasteiger partial charge in [0.2, 0.25) is 0 Å². The monoisotopic (exact) mass is 286 g/mol. The lowest BCUT2D eigenvalue weighted by molar-refractivity contribution is 0.719. The summed E-state index contributed by atoms with van der Waals surface area (Å²) < 4.78 is 1.94. The molecule has 20 heavy (non-hydrogen) atoms. The Morgan fingerprint density at radius 3 is 2.80 bits per heavy atom. The van der Waals surface area contributed by atoms with E-state index in [2.05, 4.69) is 41.4 Å². The quantitative estimate of drug-likeness (QED) is 0.787. The highest BCUT2D eigenvalue weighted by Gasteiger charge is 2.09. The van der Waals surface area contributed by atoms with Gasteiger partial charge in [0.05, 0.1) is 6.20 Å². The molecule has 2 heterocycles. The highest BCUT2D eigenvalue weighted by molar-refractivity contribution is 7.22. The molecule has 0 saturated heterocycles. The molecule has 0 amide bonds. The van der Waals surface area contributed by atoms with Gasteiger partial charge in [0, 0.05) is 12.7 Å². The Morgan fingerprint density at radius 1 is 1.25 bits per heavy atom. The number of benzene rings is 1. The molecule has 0 aliphatic carbocycles. The SMILES string of the molecule is Cc1ccc(Nc2nc3cnn(C)c(=O)c3s2)cc1C. The van der Waals surface area contributed by atoms with Gasteiger partial charge in [-0.1, -0.05) is 17.4 Å². The molecule has 1 N–H and O–H groups in total. The first kappa shape index (κ1) is 12.8. The van der Waals surface area contributed by atoms with Crippen molar-refractivity contribution in [1.82, 2.24) is 14.8 Å². The Balaban J connectivity index is 2.01. The van der Waals surface area contributed by atoms with Crippen molar-refractivity contribution in [2.75, 3.05) is 5.32 Å². The van der Waals surface area contributed by atoms with Crippen LogP contribution in [-0.4, -0.2) is 14.8 Å². The van der Waals surface area contributed by atoms with Crippen LogP contribution in [0.25, 0.3) is 10.2 Å². The van der Waals surface area contributed by atoms with Gasteiger partial charge in [0.1, 0.15) is 10.2 Å². The summed E-state index contributed by atoms with van der Waals surface area (Å²) in [6.07, 6.45) is 1.61. The maximum absolute atomic E-state index is 11.9. The predicted octanol–water partition coefficient (Wildman–Crippen LogP) is 2.75. The topological polar surface area (TPSA) is 59.8 Å². The molecule has 0 spiro atoms. The van der Waals surface area contributed by atoms with Crippen molar-refractivity contribution in [2.45, 2.75) is 13.8 Å². The summed E-state index contributed by atoms with van der Waals surface area (Å²) in [7, 11) is 1.64. The van der Waals surface area contributed by atoms with E-state index >= 15 is 0 Å². The fraction of sp³-hybridized carbons (Fsp3) is 0.214. The number of hydrogen-bond donors (Lipinski definition) is 1. The van der Waals surface area contributed by atoms with Gasteiger partial charge >= 0.3 is 0 Å². The van der Waals surface area contributed by atoms with Crippen molar-refractivity contribution in [2.24, 2.45) is 7.05 Å². The summed E-state index contributed by atoms with van der Waals surface area (Å²) in [5, 5.41) is 7.92. The number of rotatable bonds is 2. The van der Waals surface area contributed by atoms with Gasteiger partial charge in [-0.25, -0.2) is 9.67 Å². The molecule has 3 rings (SSSR count). The fourth-order valence-electron chi connectivity index (χ4n) is 1.91. The van der Waals surface area contributed by atoms with Gasteiger partial charge in [0.25, 0.3) is 5.56 Å². The number of aryl methyl sites for hydroxylation is 3. The van der Waals surface area contributed by atoms with Crippen LogP contribution in [0, 0.1) is 13.8 Å². The zero-order chi connectivity index (χ0) is 14.3. The molecule has 0 saturated carbocycles. The molecule has 0 atom stereocenters. The predicted molar refractivity (Wildman–Crippen MR) is 81.9 cm³/mol. The largest absolute Gasteiger partial charge is 0.332 e. The third-order valence-corrected chi connectivity index (χ3v) is 4.23. The number of nitrogens with one attached hydrogen (secondary N) is 1. The van der Waals surface area contributed by atoms with Gasteiger partial charge in [-0.2, -0.15) is 5.10 Å². The Bertz CT molecular complexity index is 850. The third kappa shape index (κ3) is 2.18. The smallest absolute Gasteiger partial charge is 0.286 e. The standard InChI is InChI=1S/C14H14N4OS/c1-8-4-5-10(6-9(8)2)16-14-17-11-7-15-18(3)13(19)12(11)20-14/h4-7H,1-3H3,(H,16,17). The number of aromatic nitrogens is 3. The summed E-state index contributed by atoms with van der Waals surface area (Å²) in [5.74, 6) is 0. The molecule has 5 nitrogen and oxygen atoms in total. The minimum absolute atomic E-state index is 0.117. The van der Waals surface area contributed by atoms with Crippen LogP contribution in [-0.2, 0) is 7.05 Å². The zero-order valence-corrected chi connectivity index (χ0v) is 12.3. The normalized spacial score (nSPS) is 10.9. The first-order valence-electron chi connectivity index (χ1n) is 6.22. The van der Waals surface area contributed by atoms with Crippen molar-refractivity contribution in [3.63, 3.8) is 0 Å². The zero-order valence-electron chi connectivity index (χ0n) is 11.5. The molecule has 0 aliphatic heterocycles. The minimum Gasteiger partial charge on any atom is -0.332 e. The van der Waals surface area contributed by atoms with Crippen molar-refractivity contribution in [1.29, 1.82) is 0 Å². The van der Waals surface area contributed by atoms with Crippen LogP contribution in [0.15, 0.2) is 29.2 Å². The average Bonchev–Trinajstić information content (AvgIpc) is 2.82. The Morgan fingerprint density at radius 2 is 2.05 bits per heavy atom. The minimum atomic E-state index is -0.117. The molecule has 0 fully saturated rings. The van der Waals surface area contributed by atoms with E-state index in [4.69, 9.17) is 0 Å². The van der Waals surface area contributed by atoms with Gasteiger partial charge in [-0.05, 0) is 37.1 Å². The number of thiazole rings is 1. The number of fused-ring (bicyclic) bond motifs is 1. The maximum Gasteiger partial charge on any atom is 0.286 e. The lowest BCUT2D eigenvalue weighted by Crippen LogP contribution is -2.17. The lowest BCUT2D eigenvalue weighted by atomic mass is 10.1. The second-order valence-corrected chi connectivity index (χ2v) is 5.73. The Labute approximate surface area is 119 Å². The highest BCUT2D eigenvalue weighted by Crippen LogP contribution is 2.26. The van der Waals surface area contributed by atoms with Crippen molar-refractivity contribution < 1.29 is 0 Å². The van der Waals surface area contributed by atoms with Crippen LogP contribution in [0.5, 0.6) is 0 Å². The van der Waals surface area contributed by atoms with E-state index in [1.54, 1.807) is 13.2 Å². The second-order valence-electron chi connectivity index (χ2n) is 4.73. The van der Waals surface area contributed by atoms with Gasteiger partial charge in [-0.15, -0.1) is 0 Å². The van der Waals surface area contributed by atoms with E-state index in [0.29, 0.717) is 15.3 Å². The van der Waals surface area contributed by atoms with E-state index in [-0.39, 0.29) is 5.56 Å². The molecular formula is C14H14N4OS.